The fraction of sp³-hybridized carbons (Fsp3) is 0.214. The van der Waals surface area contributed by atoms with Crippen molar-refractivity contribution in [3.8, 4) is 0 Å². The van der Waals surface area contributed by atoms with Crippen molar-refractivity contribution in [2.75, 3.05) is 29.5 Å². The lowest BCUT2D eigenvalue weighted by Gasteiger charge is -2.17. The van der Waals surface area contributed by atoms with Gasteiger partial charge in [0.25, 0.3) is 0 Å². The van der Waals surface area contributed by atoms with Gasteiger partial charge in [0, 0.05) is 25.3 Å². The molecule has 7 heteroatoms. The summed E-state index contributed by atoms with van der Waals surface area (Å²) in [4.78, 5) is 21.5. The maximum Gasteiger partial charge on any atom is 0.321 e. The van der Waals surface area contributed by atoms with E-state index in [1.54, 1.807) is 18.0 Å². The largest absolute Gasteiger partial charge is 0.384 e. The van der Waals surface area contributed by atoms with E-state index in [1.165, 1.54) is 6.33 Å². The highest BCUT2D eigenvalue weighted by molar-refractivity contribution is 5.94. The molecule has 108 valence electrons. The number of aromatic nitrogens is 2. The van der Waals surface area contributed by atoms with E-state index < -0.39 is 0 Å². The number of hydrogen-bond donors (Lipinski definition) is 3. The molecule has 0 unspecified atom stereocenters. The summed E-state index contributed by atoms with van der Waals surface area (Å²) in [5, 5.41) is 5.82. The maximum atomic E-state index is 11.8. The molecule has 1 aromatic heterocycles. The minimum Gasteiger partial charge on any atom is -0.384 e. The zero-order chi connectivity index (χ0) is 14.8. The third-order valence-corrected chi connectivity index (χ3v) is 3.40. The van der Waals surface area contributed by atoms with Gasteiger partial charge in [0.15, 0.2) is 0 Å². The standard InChI is InChI=1S/C14H16N6O/c1-16-14(21)20-5-4-9-2-3-10(6-11(9)20)19-13-7-12(15)17-8-18-13/h2-3,6-8H,4-5H2,1H3,(H,16,21)(H3,15,17,18,19). The van der Waals surface area contributed by atoms with Gasteiger partial charge in [-0.2, -0.15) is 0 Å². The number of rotatable bonds is 2. The molecule has 21 heavy (non-hydrogen) atoms. The van der Waals surface area contributed by atoms with Crippen LogP contribution in [0.1, 0.15) is 5.56 Å². The SMILES string of the molecule is CNC(=O)N1CCc2ccc(Nc3cc(N)ncn3)cc21. The Morgan fingerprint density at radius 2 is 2.19 bits per heavy atom. The Hall–Kier alpha value is -2.83. The number of fused-ring (bicyclic) bond motifs is 1. The summed E-state index contributed by atoms with van der Waals surface area (Å²) in [5.41, 5.74) is 8.56. The Morgan fingerprint density at radius 3 is 2.95 bits per heavy atom. The maximum absolute atomic E-state index is 11.8. The lowest BCUT2D eigenvalue weighted by molar-refractivity contribution is 0.248. The van der Waals surface area contributed by atoms with Gasteiger partial charge in [-0.15, -0.1) is 0 Å². The average molecular weight is 284 g/mol. The number of benzene rings is 1. The van der Waals surface area contributed by atoms with Gasteiger partial charge in [-0.05, 0) is 24.1 Å². The molecule has 2 amide bonds. The van der Waals surface area contributed by atoms with Crippen LogP contribution in [0.15, 0.2) is 30.6 Å². The van der Waals surface area contributed by atoms with E-state index in [2.05, 4.69) is 20.6 Å². The molecule has 0 atom stereocenters. The predicted molar refractivity (Wildman–Crippen MR) is 81.7 cm³/mol. The van der Waals surface area contributed by atoms with Crippen molar-refractivity contribution in [3.63, 3.8) is 0 Å². The highest BCUT2D eigenvalue weighted by Gasteiger charge is 2.24. The minimum absolute atomic E-state index is 0.0998. The van der Waals surface area contributed by atoms with Crippen molar-refractivity contribution < 1.29 is 4.79 Å². The summed E-state index contributed by atoms with van der Waals surface area (Å²) in [6.07, 6.45) is 2.27. The average Bonchev–Trinajstić information content (AvgIpc) is 2.89. The van der Waals surface area contributed by atoms with E-state index >= 15 is 0 Å². The Balaban J connectivity index is 1.87. The molecule has 3 rings (SSSR count). The van der Waals surface area contributed by atoms with Crippen molar-refractivity contribution in [2.24, 2.45) is 0 Å². The number of nitrogens with zero attached hydrogens (tertiary/aromatic N) is 3. The summed E-state index contributed by atoms with van der Waals surface area (Å²) in [6.45, 7) is 0.693. The second-order valence-electron chi connectivity index (χ2n) is 4.75. The molecule has 0 fully saturated rings. The molecular weight excluding hydrogens is 268 g/mol. The van der Waals surface area contributed by atoms with Gasteiger partial charge in [-0.25, -0.2) is 14.8 Å². The van der Waals surface area contributed by atoms with Crippen LogP contribution >= 0.6 is 0 Å². The fourth-order valence-electron chi connectivity index (χ4n) is 2.39. The first-order chi connectivity index (χ1) is 10.2. The van der Waals surface area contributed by atoms with Gasteiger partial charge in [-0.1, -0.05) is 6.07 Å². The highest BCUT2D eigenvalue weighted by atomic mass is 16.2. The highest BCUT2D eigenvalue weighted by Crippen LogP contribution is 2.31. The van der Waals surface area contributed by atoms with Crippen molar-refractivity contribution in [2.45, 2.75) is 6.42 Å². The number of nitrogens with one attached hydrogen (secondary N) is 2. The van der Waals surface area contributed by atoms with E-state index in [0.717, 1.165) is 23.4 Å². The van der Waals surface area contributed by atoms with Crippen LogP contribution in [-0.2, 0) is 6.42 Å². The number of nitrogens with two attached hydrogens (primary N) is 1. The van der Waals surface area contributed by atoms with Crippen LogP contribution in [0.3, 0.4) is 0 Å². The van der Waals surface area contributed by atoms with Crippen molar-refractivity contribution in [3.05, 3.63) is 36.2 Å². The summed E-state index contributed by atoms with van der Waals surface area (Å²) in [6, 6.07) is 7.48. The van der Waals surface area contributed by atoms with Gasteiger partial charge >= 0.3 is 6.03 Å². The number of anilines is 4. The Bertz CT molecular complexity index is 687. The molecule has 0 spiro atoms. The number of urea groups is 1. The molecule has 2 heterocycles. The molecule has 1 aliphatic rings. The zero-order valence-electron chi connectivity index (χ0n) is 11.6. The van der Waals surface area contributed by atoms with Crippen LogP contribution in [0.4, 0.5) is 27.8 Å². The van der Waals surface area contributed by atoms with Crippen LogP contribution in [0.25, 0.3) is 0 Å². The lowest BCUT2D eigenvalue weighted by atomic mass is 10.1. The molecular formula is C14H16N6O. The van der Waals surface area contributed by atoms with Gasteiger partial charge < -0.3 is 16.4 Å². The Labute approximate surface area is 122 Å². The first-order valence-corrected chi connectivity index (χ1v) is 6.64. The first kappa shape index (κ1) is 13.2. The second-order valence-corrected chi connectivity index (χ2v) is 4.75. The number of carbonyl (C=O) groups excluding carboxylic acids is 1. The molecule has 4 N–H and O–H groups in total. The molecule has 2 aromatic rings. The second kappa shape index (κ2) is 5.28. The van der Waals surface area contributed by atoms with Crippen LogP contribution in [0.5, 0.6) is 0 Å². The Kier molecular flexibility index (Phi) is 3.31. The van der Waals surface area contributed by atoms with E-state index in [0.29, 0.717) is 18.2 Å². The minimum atomic E-state index is -0.0998. The number of hydrogen-bond acceptors (Lipinski definition) is 5. The van der Waals surface area contributed by atoms with Gasteiger partial charge in [0.1, 0.15) is 18.0 Å². The summed E-state index contributed by atoms with van der Waals surface area (Å²) in [7, 11) is 1.63. The van der Waals surface area contributed by atoms with Gasteiger partial charge in [0.05, 0.1) is 5.69 Å². The number of carbonyl (C=O) groups is 1. The van der Waals surface area contributed by atoms with Crippen molar-refractivity contribution in [1.82, 2.24) is 15.3 Å². The van der Waals surface area contributed by atoms with Crippen LogP contribution < -0.4 is 21.3 Å². The van der Waals surface area contributed by atoms with E-state index in [1.807, 2.05) is 18.2 Å². The monoisotopic (exact) mass is 284 g/mol. The molecule has 0 saturated carbocycles. The fourth-order valence-corrected chi connectivity index (χ4v) is 2.39. The molecule has 1 aromatic carbocycles. The van der Waals surface area contributed by atoms with Crippen LogP contribution in [-0.4, -0.2) is 29.6 Å². The van der Waals surface area contributed by atoms with Crippen molar-refractivity contribution >= 4 is 29.0 Å². The van der Waals surface area contributed by atoms with Crippen molar-refractivity contribution in [1.29, 1.82) is 0 Å². The van der Waals surface area contributed by atoms with E-state index in [-0.39, 0.29) is 6.03 Å². The van der Waals surface area contributed by atoms with Crippen LogP contribution in [0.2, 0.25) is 0 Å². The Morgan fingerprint density at radius 1 is 1.33 bits per heavy atom. The number of nitrogen functional groups attached to an aromatic ring is 1. The molecule has 1 aliphatic heterocycles. The molecule has 0 saturated heterocycles. The van der Waals surface area contributed by atoms with Gasteiger partial charge in [0.2, 0.25) is 0 Å². The van der Waals surface area contributed by atoms with E-state index in [9.17, 15) is 4.79 Å². The third kappa shape index (κ3) is 2.58. The quantitative estimate of drug-likeness (QED) is 0.776. The molecule has 0 radical (unpaired) electrons. The number of amides is 2. The first-order valence-electron chi connectivity index (χ1n) is 6.64. The lowest BCUT2D eigenvalue weighted by Crippen LogP contribution is -2.36. The summed E-state index contributed by atoms with van der Waals surface area (Å²) in [5.74, 6) is 1.02. The summed E-state index contributed by atoms with van der Waals surface area (Å²) >= 11 is 0. The zero-order valence-corrected chi connectivity index (χ0v) is 11.6. The molecule has 0 bridgehead atoms. The summed E-state index contributed by atoms with van der Waals surface area (Å²) < 4.78 is 0. The third-order valence-electron chi connectivity index (χ3n) is 3.40. The topological polar surface area (TPSA) is 96.2 Å². The predicted octanol–water partition coefficient (Wildman–Crippen LogP) is 1.50. The smallest absolute Gasteiger partial charge is 0.321 e. The normalized spacial score (nSPS) is 12.9. The molecule has 0 aliphatic carbocycles. The van der Waals surface area contributed by atoms with Crippen LogP contribution in [0, 0.1) is 0 Å². The molecule has 7 nitrogen and oxygen atoms in total. The van der Waals surface area contributed by atoms with Gasteiger partial charge in [-0.3, -0.25) is 4.90 Å². The van der Waals surface area contributed by atoms with E-state index in [4.69, 9.17) is 5.73 Å².